The number of carbonyl (C=O) groups is 3. The number of benzene rings is 2. The number of nitrogens with one attached hydrogen (secondary N) is 1. The molecule has 0 atom stereocenters. The maximum Gasteiger partial charge on any atom is 0.293 e. The number of thioether (sulfide) groups is 1. The Balaban J connectivity index is 1.70. The standard InChI is InChI=1S/C23H24N2O6S/c1-14-7-5-6-8-16(14)21(26)24-9-10-25-22(27)19(32-23(25)28)13-15-11-17(29-2)20(31-4)18(12-15)30-3/h5-8,11-13H,9-10H2,1-4H3,(H,24,26)/b19-13-. The monoisotopic (exact) mass is 456 g/mol. The fourth-order valence-corrected chi connectivity index (χ4v) is 4.10. The molecule has 1 aliphatic heterocycles. The molecule has 1 fully saturated rings. The van der Waals surface area contributed by atoms with Crippen LogP contribution in [0.4, 0.5) is 4.79 Å². The molecule has 0 spiro atoms. The number of hydrogen-bond donors (Lipinski definition) is 1. The molecule has 168 valence electrons. The van der Waals surface area contributed by atoms with E-state index in [9.17, 15) is 14.4 Å². The van der Waals surface area contributed by atoms with Gasteiger partial charge in [0.15, 0.2) is 11.5 Å². The maximum absolute atomic E-state index is 12.8. The number of rotatable bonds is 8. The van der Waals surface area contributed by atoms with Gasteiger partial charge in [-0.15, -0.1) is 0 Å². The largest absolute Gasteiger partial charge is 0.493 e. The molecule has 0 saturated carbocycles. The van der Waals surface area contributed by atoms with E-state index in [-0.39, 0.29) is 29.1 Å². The number of methoxy groups -OCH3 is 3. The van der Waals surface area contributed by atoms with E-state index in [4.69, 9.17) is 14.2 Å². The summed E-state index contributed by atoms with van der Waals surface area (Å²) in [4.78, 5) is 38.9. The topological polar surface area (TPSA) is 94.2 Å². The highest BCUT2D eigenvalue weighted by molar-refractivity contribution is 8.18. The molecule has 1 heterocycles. The first-order chi connectivity index (χ1) is 15.4. The summed E-state index contributed by atoms with van der Waals surface area (Å²) >= 11 is 0.844. The summed E-state index contributed by atoms with van der Waals surface area (Å²) in [6, 6.07) is 10.6. The third-order valence-corrected chi connectivity index (χ3v) is 5.78. The van der Waals surface area contributed by atoms with Crippen molar-refractivity contribution >= 4 is 34.9 Å². The first-order valence-electron chi connectivity index (χ1n) is 9.78. The number of imide groups is 1. The second-order valence-electron chi connectivity index (χ2n) is 6.86. The molecule has 0 aliphatic carbocycles. The quantitative estimate of drug-likeness (QED) is 0.608. The number of hydrogen-bond acceptors (Lipinski definition) is 7. The highest BCUT2D eigenvalue weighted by Gasteiger charge is 2.34. The van der Waals surface area contributed by atoms with Gasteiger partial charge in [0, 0.05) is 18.7 Å². The van der Waals surface area contributed by atoms with Crippen molar-refractivity contribution < 1.29 is 28.6 Å². The molecule has 3 rings (SSSR count). The van der Waals surface area contributed by atoms with E-state index in [1.54, 1.807) is 30.3 Å². The van der Waals surface area contributed by atoms with Crippen LogP contribution in [0.3, 0.4) is 0 Å². The second kappa shape index (κ2) is 10.2. The van der Waals surface area contributed by atoms with E-state index in [0.717, 1.165) is 22.2 Å². The third-order valence-electron chi connectivity index (χ3n) is 4.87. The number of amides is 3. The lowest BCUT2D eigenvalue weighted by atomic mass is 10.1. The number of nitrogens with zero attached hydrogens (tertiary/aromatic N) is 1. The molecule has 1 N–H and O–H groups in total. The van der Waals surface area contributed by atoms with Crippen molar-refractivity contribution in [3.63, 3.8) is 0 Å². The summed E-state index contributed by atoms with van der Waals surface area (Å²) in [7, 11) is 4.50. The highest BCUT2D eigenvalue weighted by Crippen LogP contribution is 2.40. The van der Waals surface area contributed by atoms with Crippen LogP contribution in [0, 0.1) is 6.92 Å². The van der Waals surface area contributed by atoms with Crippen molar-refractivity contribution in [2.24, 2.45) is 0 Å². The minimum atomic E-state index is -0.418. The lowest BCUT2D eigenvalue weighted by molar-refractivity contribution is -0.122. The summed E-state index contributed by atoms with van der Waals surface area (Å²) < 4.78 is 16.0. The zero-order valence-electron chi connectivity index (χ0n) is 18.3. The molecule has 2 aromatic rings. The Hall–Kier alpha value is -3.46. The van der Waals surface area contributed by atoms with E-state index < -0.39 is 5.91 Å². The highest BCUT2D eigenvalue weighted by atomic mass is 32.2. The third kappa shape index (κ3) is 4.88. The van der Waals surface area contributed by atoms with Crippen LogP contribution in [0.1, 0.15) is 21.5 Å². The van der Waals surface area contributed by atoms with Gasteiger partial charge in [-0.2, -0.15) is 0 Å². The average molecular weight is 457 g/mol. The van der Waals surface area contributed by atoms with Crippen LogP contribution in [0.2, 0.25) is 0 Å². The van der Waals surface area contributed by atoms with Gasteiger partial charge in [-0.3, -0.25) is 19.3 Å². The summed E-state index contributed by atoms with van der Waals surface area (Å²) in [5.41, 5.74) is 2.03. The van der Waals surface area contributed by atoms with Gasteiger partial charge in [-0.05, 0) is 54.1 Å². The van der Waals surface area contributed by atoms with Crippen LogP contribution in [-0.4, -0.2) is 56.4 Å². The molecule has 2 aromatic carbocycles. The summed E-state index contributed by atoms with van der Waals surface area (Å²) in [5.74, 6) is 0.652. The van der Waals surface area contributed by atoms with Gasteiger partial charge in [0.25, 0.3) is 17.1 Å². The molecule has 0 aromatic heterocycles. The molecule has 0 radical (unpaired) electrons. The molecule has 1 aliphatic rings. The molecule has 1 saturated heterocycles. The molecule has 0 bridgehead atoms. The van der Waals surface area contributed by atoms with Crippen LogP contribution >= 0.6 is 11.8 Å². The van der Waals surface area contributed by atoms with Crippen molar-refractivity contribution in [2.75, 3.05) is 34.4 Å². The predicted octanol–water partition coefficient (Wildman–Crippen LogP) is 3.49. The van der Waals surface area contributed by atoms with Gasteiger partial charge >= 0.3 is 0 Å². The van der Waals surface area contributed by atoms with Gasteiger partial charge in [0.05, 0.1) is 26.2 Å². The van der Waals surface area contributed by atoms with Crippen LogP contribution in [0.5, 0.6) is 17.2 Å². The van der Waals surface area contributed by atoms with E-state index >= 15 is 0 Å². The fourth-order valence-electron chi connectivity index (χ4n) is 3.23. The van der Waals surface area contributed by atoms with Crippen molar-refractivity contribution in [1.82, 2.24) is 10.2 Å². The summed E-state index contributed by atoms with van der Waals surface area (Å²) in [6.45, 7) is 2.08. The first kappa shape index (κ1) is 23.2. The Bertz CT molecular complexity index is 1060. The van der Waals surface area contributed by atoms with E-state index in [1.165, 1.54) is 21.3 Å². The van der Waals surface area contributed by atoms with E-state index in [1.807, 2.05) is 19.1 Å². The lowest BCUT2D eigenvalue weighted by Crippen LogP contribution is -2.37. The lowest BCUT2D eigenvalue weighted by Gasteiger charge is -2.14. The Kier molecular flexibility index (Phi) is 7.42. The normalized spacial score (nSPS) is 14.6. The Labute approximate surface area is 190 Å². The average Bonchev–Trinajstić information content (AvgIpc) is 3.05. The summed E-state index contributed by atoms with van der Waals surface area (Å²) in [6.07, 6.45) is 1.60. The molecule has 8 nitrogen and oxygen atoms in total. The van der Waals surface area contributed by atoms with Crippen molar-refractivity contribution in [1.29, 1.82) is 0 Å². The van der Waals surface area contributed by atoms with E-state index in [2.05, 4.69) is 5.32 Å². The Morgan fingerprint density at radius 3 is 2.31 bits per heavy atom. The molecule has 32 heavy (non-hydrogen) atoms. The van der Waals surface area contributed by atoms with Gasteiger partial charge < -0.3 is 19.5 Å². The van der Waals surface area contributed by atoms with Gasteiger partial charge in [0.1, 0.15) is 0 Å². The zero-order chi connectivity index (χ0) is 23.3. The fraction of sp³-hybridized carbons (Fsp3) is 0.261. The zero-order valence-corrected chi connectivity index (χ0v) is 19.1. The number of ether oxygens (including phenoxy) is 3. The molecular formula is C23H24N2O6S. The molecule has 3 amide bonds. The number of aryl methyl sites for hydroxylation is 1. The van der Waals surface area contributed by atoms with Crippen LogP contribution in [0.15, 0.2) is 41.3 Å². The minimum absolute atomic E-state index is 0.0783. The second-order valence-corrected chi connectivity index (χ2v) is 7.86. The van der Waals surface area contributed by atoms with Gasteiger partial charge in [0.2, 0.25) is 5.75 Å². The minimum Gasteiger partial charge on any atom is -0.493 e. The van der Waals surface area contributed by atoms with Gasteiger partial charge in [-0.25, -0.2) is 0 Å². The Morgan fingerprint density at radius 1 is 1.06 bits per heavy atom. The van der Waals surface area contributed by atoms with Crippen LogP contribution in [-0.2, 0) is 4.79 Å². The number of carbonyl (C=O) groups excluding carboxylic acids is 3. The van der Waals surface area contributed by atoms with Crippen LogP contribution in [0.25, 0.3) is 6.08 Å². The SMILES string of the molecule is COc1cc(/C=C2\SC(=O)N(CCNC(=O)c3ccccc3C)C2=O)cc(OC)c1OC. The van der Waals surface area contributed by atoms with Crippen molar-refractivity contribution in [2.45, 2.75) is 6.92 Å². The smallest absolute Gasteiger partial charge is 0.293 e. The Morgan fingerprint density at radius 2 is 1.72 bits per heavy atom. The molecule has 9 heteroatoms. The summed E-state index contributed by atoms with van der Waals surface area (Å²) in [5, 5.41) is 2.36. The maximum atomic E-state index is 12.8. The van der Waals surface area contributed by atoms with Crippen molar-refractivity contribution in [3.8, 4) is 17.2 Å². The first-order valence-corrected chi connectivity index (χ1v) is 10.6. The van der Waals surface area contributed by atoms with Gasteiger partial charge in [-0.1, -0.05) is 18.2 Å². The molecular weight excluding hydrogens is 432 g/mol. The van der Waals surface area contributed by atoms with Crippen molar-refractivity contribution in [3.05, 3.63) is 58.0 Å². The van der Waals surface area contributed by atoms with E-state index in [0.29, 0.717) is 28.4 Å². The predicted molar refractivity (Wildman–Crippen MR) is 122 cm³/mol. The molecule has 0 unspecified atom stereocenters. The van der Waals surface area contributed by atoms with Crippen LogP contribution < -0.4 is 19.5 Å².